The SMILES string of the molecule is CCC(CC)NCCOCC1CC=CCC1C. The van der Waals surface area contributed by atoms with Gasteiger partial charge in [0.05, 0.1) is 13.2 Å². The van der Waals surface area contributed by atoms with Crippen molar-refractivity contribution >= 4 is 0 Å². The Labute approximate surface area is 107 Å². The van der Waals surface area contributed by atoms with E-state index in [4.69, 9.17) is 4.74 Å². The lowest BCUT2D eigenvalue weighted by molar-refractivity contribution is 0.0794. The lowest BCUT2D eigenvalue weighted by Gasteiger charge is -2.25. The Bertz CT molecular complexity index is 211. The summed E-state index contributed by atoms with van der Waals surface area (Å²) in [5, 5.41) is 3.53. The minimum Gasteiger partial charge on any atom is -0.380 e. The largest absolute Gasteiger partial charge is 0.380 e. The van der Waals surface area contributed by atoms with E-state index in [1.54, 1.807) is 0 Å². The maximum absolute atomic E-state index is 5.79. The van der Waals surface area contributed by atoms with Gasteiger partial charge in [0.25, 0.3) is 0 Å². The summed E-state index contributed by atoms with van der Waals surface area (Å²) in [4.78, 5) is 0. The molecule has 0 fully saturated rings. The molecule has 1 aliphatic rings. The highest BCUT2D eigenvalue weighted by molar-refractivity contribution is 4.93. The quantitative estimate of drug-likeness (QED) is 0.518. The summed E-state index contributed by atoms with van der Waals surface area (Å²) in [5.74, 6) is 1.51. The smallest absolute Gasteiger partial charge is 0.0591 e. The van der Waals surface area contributed by atoms with Gasteiger partial charge in [-0.25, -0.2) is 0 Å². The molecule has 1 N–H and O–H groups in total. The molecule has 0 aromatic rings. The molecule has 17 heavy (non-hydrogen) atoms. The Hall–Kier alpha value is -0.340. The fourth-order valence-electron chi connectivity index (χ4n) is 2.39. The van der Waals surface area contributed by atoms with E-state index in [1.165, 1.54) is 25.7 Å². The zero-order valence-corrected chi connectivity index (χ0v) is 11.7. The van der Waals surface area contributed by atoms with Gasteiger partial charge < -0.3 is 10.1 Å². The molecule has 0 aliphatic heterocycles. The fraction of sp³-hybridized carbons (Fsp3) is 0.867. The molecule has 0 aromatic carbocycles. The molecule has 2 heteroatoms. The van der Waals surface area contributed by atoms with Gasteiger partial charge in [-0.1, -0.05) is 32.9 Å². The van der Waals surface area contributed by atoms with Crippen LogP contribution in [0.5, 0.6) is 0 Å². The van der Waals surface area contributed by atoms with Crippen LogP contribution in [-0.4, -0.2) is 25.8 Å². The first-order valence-corrected chi connectivity index (χ1v) is 7.24. The van der Waals surface area contributed by atoms with Crippen LogP contribution in [0, 0.1) is 11.8 Å². The Balaban J connectivity index is 2.02. The summed E-state index contributed by atoms with van der Waals surface area (Å²) >= 11 is 0. The lowest BCUT2D eigenvalue weighted by atomic mass is 9.85. The fourth-order valence-corrected chi connectivity index (χ4v) is 2.39. The average Bonchev–Trinajstić information content (AvgIpc) is 2.36. The van der Waals surface area contributed by atoms with Gasteiger partial charge in [0.2, 0.25) is 0 Å². The van der Waals surface area contributed by atoms with Crippen molar-refractivity contribution in [2.24, 2.45) is 11.8 Å². The molecule has 2 unspecified atom stereocenters. The average molecular weight is 239 g/mol. The van der Waals surface area contributed by atoms with Gasteiger partial charge in [-0.2, -0.15) is 0 Å². The van der Waals surface area contributed by atoms with Crippen molar-refractivity contribution in [3.05, 3.63) is 12.2 Å². The summed E-state index contributed by atoms with van der Waals surface area (Å²) in [7, 11) is 0. The van der Waals surface area contributed by atoms with E-state index in [-0.39, 0.29) is 0 Å². The molecule has 0 spiro atoms. The van der Waals surface area contributed by atoms with Crippen molar-refractivity contribution in [3.63, 3.8) is 0 Å². The van der Waals surface area contributed by atoms with E-state index < -0.39 is 0 Å². The van der Waals surface area contributed by atoms with Crippen LogP contribution in [0.4, 0.5) is 0 Å². The van der Waals surface area contributed by atoms with E-state index in [0.717, 1.165) is 31.6 Å². The van der Waals surface area contributed by atoms with Crippen molar-refractivity contribution in [2.45, 2.75) is 52.5 Å². The van der Waals surface area contributed by atoms with Crippen molar-refractivity contribution in [2.75, 3.05) is 19.8 Å². The lowest BCUT2D eigenvalue weighted by Crippen LogP contribution is -2.31. The van der Waals surface area contributed by atoms with Crippen LogP contribution in [0.15, 0.2) is 12.2 Å². The Kier molecular flexibility index (Phi) is 7.54. The third kappa shape index (κ3) is 5.69. The minimum absolute atomic E-state index is 0.662. The third-order valence-electron chi connectivity index (χ3n) is 3.92. The zero-order valence-electron chi connectivity index (χ0n) is 11.7. The highest BCUT2D eigenvalue weighted by atomic mass is 16.5. The van der Waals surface area contributed by atoms with Crippen molar-refractivity contribution in [1.29, 1.82) is 0 Å². The second kappa shape index (κ2) is 8.71. The van der Waals surface area contributed by atoms with Gasteiger partial charge >= 0.3 is 0 Å². The number of ether oxygens (including phenoxy) is 1. The van der Waals surface area contributed by atoms with Crippen LogP contribution in [-0.2, 0) is 4.74 Å². The molecule has 0 heterocycles. The van der Waals surface area contributed by atoms with Crippen LogP contribution in [0.25, 0.3) is 0 Å². The highest BCUT2D eigenvalue weighted by Gasteiger charge is 2.17. The minimum atomic E-state index is 0.662. The van der Waals surface area contributed by atoms with E-state index in [2.05, 4.69) is 38.2 Å². The maximum Gasteiger partial charge on any atom is 0.0591 e. The predicted molar refractivity (Wildman–Crippen MR) is 74.2 cm³/mol. The second-order valence-corrected chi connectivity index (χ2v) is 5.22. The molecule has 0 saturated carbocycles. The van der Waals surface area contributed by atoms with Gasteiger partial charge in [0, 0.05) is 12.6 Å². The molecular weight excluding hydrogens is 210 g/mol. The van der Waals surface area contributed by atoms with Crippen molar-refractivity contribution < 1.29 is 4.74 Å². The first-order valence-electron chi connectivity index (χ1n) is 7.24. The molecular formula is C15H29NO. The van der Waals surface area contributed by atoms with Gasteiger partial charge in [0.15, 0.2) is 0 Å². The number of hydrogen-bond donors (Lipinski definition) is 1. The monoisotopic (exact) mass is 239 g/mol. The van der Waals surface area contributed by atoms with Crippen LogP contribution in [0.1, 0.15) is 46.5 Å². The summed E-state index contributed by atoms with van der Waals surface area (Å²) in [5.41, 5.74) is 0. The van der Waals surface area contributed by atoms with E-state index >= 15 is 0 Å². The summed E-state index contributed by atoms with van der Waals surface area (Å²) in [6.07, 6.45) is 9.44. The van der Waals surface area contributed by atoms with Gasteiger partial charge in [-0.3, -0.25) is 0 Å². The molecule has 0 amide bonds. The molecule has 2 atom stereocenters. The summed E-state index contributed by atoms with van der Waals surface area (Å²) in [6.45, 7) is 9.57. The van der Waals surface area contributed by atoms with E-state index in [0.29, 0.717) is 6.04 Å². The summed E-state index contributed by atoms with van der Waals surface area (Å²) < 4.78 is 5.79. The molecule has 0 saturated heterocycles. The number of rotatable bonds is 8. The third-order valence-corrected chi connectivity index (χ3v) is 3.92. The van der Waals surface area contributed by atoms with Crippen LogP contribution in [0.3, 0.4) is 0 Å². The highest BCUT2D eigenvalue weighted by Crippen LogP contribution is 2.24. The number of hydrogen-bond acceptors (Lipinski definition) is 2. The number of allylic oxidation sites excluding steroid dienone is 2. The van der Waals surface area contributed by atoms with E-state index in [9.17, 15) is 0 Å². The first kappa shape index (κ1) is 14.7. The number of nitrogens with one attached hydrogen (secondary N) is 1. The molecule has 2 nitrogen and oxygen atoms in total. The van der Waals surface area contributed by atoms with E-state index in [1.807, 2.05) is 0 Å². The molecule has 0 bridgehead atoms. The zero-order chi connectivity index (χ0) is 12.5. The molecule has 100 valence electrons. The topological polar surface area (TPSA) is 21.3 Å². The van der Waals surface area contributed by atoms with Gasteiger partial charge in [-0.05, 0) is 37.5 Å². The second-order valence-electron chi connectivity index (χ2n) is 5.22. The molecule has 0 radical (unpaired) electrons. The van der Waals surface area contributed by atoms with Gasteiger partial charge in [-0.15, -0.1) is 0 Å². The summed E-state index contributed by atoms with van der Waals surface area (Å²) in [6, 6.07) is 0.662. The Morgan fingerprint density at radius 1 is 1.24 bits per heavy atom. The molecule has 0 aromatic heterocycles. The predicted octanol–water partition coefficient (Wildman–Crippen LogP) is 3.38. The normalized spacial score (nSPS) is 24.5. The molecule has 1 aliphatic carbocycles. The standard InChI is InChI=1S/C15H29NO/c1-4-15(5-2)16-10-11-17-12-14-9-7-6-8-13(14)3/h6-7,13-16H,4-5,8-12H2,1-3H3. The first-order chi connectivity index (χ1) is 8.27. The van der Waals surface area contributed by atoms with Crippen LogP contribution < -0.4 is 5.32 Å². The van der Waals surface area contributed by atoms with Crippen molar-refractivity contribution in [1.82, 2.24) is 5.32 Å². The molecule has 1 rings (SSSR count). The maximum atomic E-state index is 5.79. The Morgan fingerprint density at radius 2 is 1.94 bits per heavy atom. The van der Waals surface area contributed by atoms with Crippen LogP contribution in [0.2, 0.25) is 0 Å². The van der Waals surface area contributed by atoms with Crippen molar-refractivity contribution in [3.8, 4) is 0 Å². The van der Waals surface area contributed by atoms with Crippen LogP contribution >= 0.6 is 0 Å². The van der Waals surface area contributed by atoms with Gasteiger partial charge in [0.1, 0.15) is 0 Å². The Morgan fingerprint density at radius 3 is 2.59 bits per heavy atom.